The van der Waals surface area contributed by atoms with E-state index in [1.165, 1.54) is 9.80 Å². The minimum atomic E-state index is -1.60. The molecular formula is C35H45N5O13. The average Bonchev–Trinajstić information content (AvgIpc) is 3.39. The van der Waals surface area contributed by atoms with Crippen LogP contribution in [0.2, 0.25) is 0 Å². The van der Waals surface area contributed by atoms with Crippen molar-refractivity contribution in [3.05, 3.63) is 59.7 Å². The van der Waals surface area contributed by atoms with E-state index in [0.717, 1.165) is 27.2 Å². The number of carboxylic acids is 5. The van der Waals surface area contributed by atoms with Crippen molar-refractivity contribution in [2.45, 2.75) is 37.8 Å². The lowest BCUT2D eigenvalue weighted by Gasteiger charge is -2.29. The summed E-state index contributed by atoms with van der Waals surface area (Å²) in [4.78, 5) is 87.5. The van der Waals surface area contributed by atoms with Gasteiger partial charge in [-0.25, -0.2) is 9.59 Å². The summed E-state index contributed by atoms with van der Waals surface area (Å²) < 4.78 is 5.51. The number of nitrogens with zero attached hydrogens (tertiary/aromatic N) is 3. The number of carbonyl (C=O) groups is 7. The maximum absolute atomic E-state index is 13.2. The summed E-state index contributed by atoms with van der Waals surface area (Å²) >= 11 is 0. The summed E-state index contributed by atoms with van der Waals surface area (Å²) in [6, 6.07) is 12.7. The van der Waals surface area contributed by atoms with Gasteiger partial charge in [0, 0.05) is 32.1 Å². The molecule has 0 aromatic heterocycles. The van der Waals surface area contributed by atoms with E-state index in [1.807, 2.05) is 48.5 Å². The van der Waals surface area contributed by atoms with Gasteiger partial charge in [-0.15, -0.1) is 0 Å². The zero-order valence-corrected chi connectivity index (χ0v) is 29.2. The van der Waals surface area contributed by atoms with E-state index in [-0.39, 0.29) is 45.1 Å². The molecule has 0 spiro atoms. The number of amides is 2. The number of alkyl carbamates (subject to hydrolysis) is 1. The molecule has 2 aromatic carbocycles. The van der Waals surface area contributed by atoms with Crippen LogP contribution in [-0.2, 0) is 33.5 Å². The summed E-state index contributed by atoms with van der Waals surface area (Å²) in [6.07, 6.45) is -0.475. The Balaban J connectivity index is 1.64. The average molecular weight is 744 g/mol. The molecule has 1 aliphatic rings. The highest BCUT2D eigenvalue weighted by Crippen LogP contribution is 2.44. The first-order valence-electron chi connectivity index (χ1n) is 16.9. The molecule has 1 aliphatic carbocycles. The summed E-state index contributed by atoms with van der Waals surface area (Å²) in [7, 11) is 0. The van der Waals surface area contributed by atoms with Gasteiger partial charge in [0.05, 0.1) is 38.8 Å². The predicted molar refractivity (Wildman–Crippen MR) is 186 cm³/mol. The molecule has 2 amide bonds. The Morgan fingerprint density at radius 1 is 0.642 bits per heavy atom. The molecule has 2 unspecified atom stereocenters. The normalized spacial score (nSPS) is 13.2. The van der Waals surface area contributed by atoms with Crippen LogP contribution < -0.4 is 10.6 Å². The smallest absolute Gasteiger partial charge is 0.407 e. The van der Waals surface area contributed by atoms with Crippen molar-refractivity contribution in [1.82, 2.24) is 25.3 Å². The van der Waals surface area contributed by atoms with Gasteiger partial charge in [-0.1, -0.05) is 61.9 Å². The molecule has 2 atom stereocenters. The number of nitrogens with one attached hydrogen (secondary N) is 2. The topological polar surface area (TPSA) is 264 Å². The van der Waals surface area contributed by atoms with E-state index in [4.69, 9.17) is 14.9 Å². The Bertz CT molecular complexity index is 1580. The number of ether oxygens (including phenoxy) is 1. The molecule has 0 fully saturated rings. The van der Waals surface area contributed by atoms with E-state index in [9.17, 15) is 48.9 Å². The first-order chi connectivity index (χ1) is 25.2. The molecular weight excluding hydrogens is 698 g/mol. The molecule has 18 heteroatoms. The SMILES string of the molecule is CCCC(NC(=O)CN(CCN(CCN(CC(=O)O)CC(=O)O)CC(=O)O)CC(=O)O)C(NC(=O)OCC1c2ccccc2-c2ccccc21)C(=O)O. The minimum Gasteiger partial charge on any atom is -0.480 e. The standard InChI is InChI=1S/C35H45N5O13/c1-2-7-27(33(34(50)51)37-35(52)53-21-26-24-10-5-3-8-22(24)23-9-4-6-11-25(23)26)36-28(41)16-39(18-30(44)45)14-12-38(17-29(42)43)13-15-40(19-31(46)47)20-32(48)49/h3-6,8-11,26-27,33H,2,7,12-21H2,1H3,(H,36,41)(H,37,52)(H,42,43)(H,44,45)(H,46,47)(H,48,49)(H,50,51). The quantitative estimate of drug-likeness (QED) is 0.0772. The molecule has 0 saturated heterocycles. The van der Waals surface area contributed by atoms with E-state index >= 15 is 0 Å². The van der Waals surface area contributed by atoms with E-state index in [2.05, 4.69) is 10.6 Å². The van der Waals surface area contributed by atoms with E-state index in [1.54, 1.807) is 6.92 Å². The monoisotopic (exact) mass is 743 g/mol. The Morgan fingerprint density at radius 2 is 1.08 bits per heavy atom. The fourth-order valence-corrected chi connectivity index (χ4v) is 6.22. The fourth-order valence-electron chi connectivity index (χ4n) is 6.22. The second-order valence-electron chi connectivity index (χ2n) is 12.5. The number of fused-ring (bicyclic) bond motifs is 3. The maximum atomic E-state index is 13.2. The van der Waals surface area contributed by atoms with Gasteiger partial charge >= 0.3 is 35.9 Å². The zero-order valence-electron chi connectivity index (χ0n) is 29.2. The Morgan fingerprint density at radius 3 is 1.53 bits per heavy atom. The number of hydrogen-bond acceptors (Lipinski definition) is 11. The predicted octanol–water partition coefficient (Wildman–Crippen LogP) is 0.508. The minimum absolute atomic E-state index is 0.0722. The highest BCUT2D eigenvalue weighted by Gasteiger charge is 2.33. The molecule has 3 rings (SSSR count). The molecule has 288 valence electrons. The fraction of sp³-hybridized carbons (Fsp3) is 0.457. The van der Waals surface area contributed by atoms with Crippen LogP contribution in [0.4, 0.5) is 4.79 Å². The van der Waals surface area contributed by atoms with Crippen molar-refractivity contribution in [2.24, 2.45) is 0 Å². The van der Waals surface area contributed by atoms with Crippen molar-refractivity contribution in [1.29, 1.82) is 0 Å². The maximum Gasteiger partial charge on any atom is 0.407 e. The summed E-state index contributed by atoms with van der Waals surface area (Å²) in [5, 5.41) is 52.0. The molecule has 18 nitrogen and oxygen atoms in total. The first kappa shape index (κ1) is 41.8. The Kier molecular flexibility index (Phi) is 16.1. The molecule has 53 heavy (non-hydrogen) atoms. The number of benzene rings is 2. The molecule has 0 radical (unpaired) electrons. The zero-order chi connectivity index (χ0) is 39.1. The van der Waals surface area contributed by atoms with Gasteiger partial charge in [-0.2, -0.15) is 0 Å². The van der Waals surface area contributed by atoms with Crippen LogP contribution in [0.25, 0.3) is 11.1 Å². The van der Waals surface area contributed by atoms with E-state index in [0.29, 0.717) is 6.42 Å². The second-order valence-corrected chi connectivity index (χ2v) is 12.5. The molecule has 0 aliphatic heterocycles. The highest BCUT2D eigenvalue weighted by molar-refractivity contribution is 5.84. The third-order valence-corrected chi connectivity index (χ3v) is 8.50. The Hall–Kier alpha value is -5.59. The number of hydrogen-bond donors (Lipinski definition) is 7. The Labute approximate surface area is 304 Å². The third-order valence-electron chi connectivity index (χ3n) is 8.50. The van der Waals surface area contributed by atoms with Crippen molar-refractivity contribution in [3.63, 3.8) is 0 Å². The summed E-state index contributed by atoms with van der Waals surface area (Å²) in [6.45, 7) is -1.71. The molecule has 0 saturated carbocycles. The highest BCUT2D eigenvalue weighted by atomic mass is 16.5. The summed E-state index contributed by atoms with van der Waals surface area (Å²) in [5.41, 5.74) is 3.94. The van der Waals surface area contributed by atoms with E-state index < -0.39 is 86.7 Å². The van der Waals surface area contributed by atoms with Gasteiger partial charge in [-0.05, 0) is 28.7 Å². The lowest BCUT2D eigenvalue weighted by molar-refractivity contribution is -0.143. The van der Waals surface area contributed by atoms with Crippen LogP contribution in [0.15, 0.2) is 48.5 Å². The first-order valence-corrected chi connectivity index (χ1v) is 16.9. The van der Waals surface area contributed by atoms with Crippen LogP contribution in [0.3, 0.4) is 0 Å². The van der Waals surface area contributed by atoms with Crippen molar-refractivity contribution in [3.8, 4) is 11.1 Å². The number of rotatable bonds is 24. The number of aliphatic carboxylic acids is 5. The molecule has 7 N–H and O–H groups in total. The second kappa shape index (κ2) is 20.4. The van der Waals surface area contributed by atoms with Gasteiger partial charge in [-0.3, -0.25) is 38.7 Å². The number of carbonyl (C=O) groups excluding carboxylic acids is 2. The lowest BCUT2D eigenvalue weighted by atomic mass is 9.98. The number of carboxylic acid groups (broad SMARTS) is 5. The van der Waals surface area contributed by atoms with Crippen molar-refractivity contribution >= 4 is 41.8 Å². The van der Waals surface area contributed by atoms with Gasteiger partial charge in [0.1, 0.15) is 12.6 Å². The summed E-state index contributed by atoms with van der Waals surface area (Å²) in [5.74, 6) is -7.59. The molecule has 0 heterocycles. The van der Waals surface area contributed by atoms with Gasteiger partial charge in [0.25, 0.3) is 0 Å². The van der Waals surface area contributed by atoms with Gasteiger partial charge in [0.2, 0.25) is 5.91 Å². The van der Waals surface area contributed by atoms with Crippen LogP contribution in [0, 0.1) is 0 Å². The van der Waals surface area contributed by atoms with Crippen LogP contribution in [0.5, 0.6) is 0 Å². The van der Waals surface area contributed by atoms with Crippen molar-refractivity contribution in [2.75, 3.05) is 65.5 Å². The molecule has 0 bridgehead atoms. The van der Waals surface area contributed by atoms with Crippen LogP contribution in [0.1, 0.15) is 36.8 Å². The largest absolute Gasteiger partial charge is 0.480 e. The third kappa shape index (κ3) is 13.5. The van der Waals surface area contributed by atoms with Crippen molar-refractivity contribution < 1.29 is 63.8 Å². The lowest BCUT2D eigenvalue weighted by Crippen LogP contribution is -2.57. The van der Waals surface area contributed by atoms with Crippen LogP contribution >= 0.6 is 0 Å². The van der Waals surface area contributed by atoms with Crippen LogP contribution in [-0.4, -0.2) is 160 Å². The van der Waals surface area contributed by atoms with Gasteiger partial charge < -0.3 is 40.9 Å². The molecule has 2 aromatic rings. The van der Waals surface area contributed by atoms with Gasteiger partial charge in [0.15, 0.2) is 0 Å².